The van der Waals surface area contributed by atoms with E-state index >= 15 is 0 Å². The quantitative estimate of drug-likeness (QED) is 0.681. The average Bonchev–Trinajstić information content (AvgIpc) is 2.64. The fourth-order valence-corrected chi connectivity index (χ4v) is 2.86. The minimum absolute atomic E-state index is 0.176. The monoisotopic (exact) mass is 328 g/mol. The molecule has 0 saturated carbocycles. The van der Waals surface area contributed by atoms with Gasteiger partial charge in [-0.3, -0.25) is 4.90 Å². The summed E-state index contributed by atoms with van der Waals surface area (Å²) in [6, 6.07) is 21.1. The lowest BCUT2D eigenvalue weighted by Crippen LogP contribution is -2.42. The Morgan fingerprint density at radius 1 is 0.833 bits per heavy atom. The second-order valence-corrected chi connectivity index (χ2v) is 5.90. The third-order valence-corrected chi connectivity index (χ3v) is 4.24. The fraction of sp³-hybridized carbons (Fsp3) is 0.400. The highest BCUT2D eigenvalue weighted by Gasteiger charge is 2.22. The molecule has 130 valence electrons. The molecule has 0 heterocycles. The Kier molecular flexibility index (Phi) is 7.92. The summed E-state index contributed by atoms with van der Waals surface area (Å²) in [6.45, 7) is 2.25. The van der Waals surface area contributed by atoms with Crippen molar-refractivity contribution in [3.63, 3.8) is 0 Å². The zero-order valence-electron chi connectivity index (χ0n) is 14.6. The fourth-order valence-electron chi connectivity index (χ4n) is 2.86. The van der Waals surface area contributed by atoms with Crippen molar-refractivity contribution in [1.29, 1.82) is 0 Å². The van der Waals surface area contributed by atoms with E-state index < -0.39 is 0 Å². The van der Waals surface area contributed by atoms with Crippen LogP contribution >= 0.6 is 0 Å². The zero-order valence-corrected chi connectivity index (χ0v) is 14.6. The van der Waals surface area contributed by atoms with Gasteiger partial charge in [0.25, 0.3) is 0 Å². The third kappa shape index (κ3) is 5.73. The molecule has 0 saturated heterocycles. The number of rotatable bonds is 10. The van der Waals surface area contributed by atoms with Crippen molar-refractivity contribution in [2.75, 3.05) is 20.8 Å². The van der Waals surface area contributed by atoms with Gasteiger partial charge in [-0.15, -0.1) is 0 Å². The molecule has 1 atom stereocenters. The summed E-state index contributed by atoms with van der Waals surface area (Å²) in [5.74, 6) is 0. The molecular weight excluding hydrogens is 300 g/mol. The van der Waals surface area contributed by atoms with Gasteiger partial charge >= 0.3 is 0 Å². The number of hydrogen-bond acceptors (Lipinski definition) is 4. The van der Waals surface area contributed by atoms with Crippen LogP contribution in [0.4, 0.5) is 0 Å². The SMILES string of the molecule is COC(CC(CN)N(Cc1ccccc1)Cc1ccccc1)OC. The number of benzene rings is 2. The number of nitrogens with two attached hydrogens (primary N) is 1. The molecule has 4 nitrogen and oxygen atoms in total. The number of methoxy groups -OCH3 is 2. The molecule has 24 heavy (non-hydrogen) atoms. The van der Waals surface area contributed by atoms with E-state index in [0.717, 1.165) is 19.5 Å². The van der Waals surface area contributed by atoms with E-state index in [9.17, 15) is 0 Å². The number of hydrogen-bond donors (Lipinski definition) is 1. The molecule has 0 fully saturated rings. The van der Waals surface area contributed by atoms with E-state index in [1.54, 1.807) is 14.2 Å². The first-order valence-corrected chi connectivity index (χ1v) is 8.34. The van der Waals surface area contributed by atoms with E-state index in [0.29, 0.717) is 6.54 Å². The van der Waals surface area contributed by atoms with Crippen LogP contribution in [-0.2, 0) is 22.6 Å². The van der Waals surface area contributed by atoms with Crippen molar-refractivity contribution < 1.29 is 9.47 Å². The minimum Gasteiger partial charge on any atom is -0.356 e. The van der Waals surface area contributed by atoms with Gasteiger partial charge in [-0.25, -0.2) is 0 Å². The lowest BCUT2D eigenvalue weighted by atomic mass is 10.1. The van der Waals surface area contributed by atoms with Crippen LogP contribution in [0.3, 0.4) is 0 Å². The lowest BCUT2D eigenvalue weighted by Gasteiger charge is -2.33. The molecule has 0 aliphatic rings. The van der Waals surface area contributed by atoms with Crippen LogP contribution in [0.5, 0.6) is 0 Å². The largest absolute Gasteiger partial charge is 0.356 e. The third-order valence-electron chi connectivity index (χ3n) is 4.24. The molecule has 0 radical (unpaired) electrons. The molecule has 0 spiro atoms. The van der Waals surface area contributed by atoms with Gasteiger partial charge in [0.15, 0.2) is 6.29 Å². The Balaban J connectivity index is 2.16. The van der Waals surface area contributed by atoms with Crippen LogP contribution in [0, 0.1) is 0 Å². The van der Waals surface area contributed by atoms with Crippen molar-refractivity contribution in [1.82, 2.24) is 4.90 Å². The van der Waals surface area contributed by atoms with Crippen molar-refractivity contribution in [3.8, 4) is 0 Å². The first-order chi connectivity index (χ1) is 11.8. The van der Waals surface area contributed by atoms with E-state index in [-0.39, 0.29) is 12.3 Å². The molecule has 1 unspecified atom stereocenters. The standard InChI is InChI=1S/C20H28N2O2/c1-23-20(24-2)13-19(14-21)22(15-17-9-5-3-6-10-17)16-18-11-7-4-8-12-18/h3-12,19-20H,13-16,21H2,1-2H3. The summed E-state index contributed by atoms with van der Waals surface area (Å²) in [5, 5.41) is 0. The Labute approximate surface area is 145 Å². The van der Waals surface area contributed by atoms with Gasteiger partial charge in [0.05, 0.1) is 0 Å². The summed E-state index contributed by atoms with van der Waals surface area (Å²) >= 11 is 0. The van der Waals surface area contributed by atoms with Gasteiger partial charge in [0.2, 0.25) is 0 Å². The van der Waals surface area contributed by atoms with Crippen LogP contribution in [0.1, 0.15) is 17.5 Å². The van der Waals surface area contributed by atoms with Crippen molar-refractivity contribution in [2.24, 2.45) is 5.73 Å². The molecule has 2 N–H and O–H groups in total. The Morgan fingerprint density at radius 3 is 1.67 bits per heavy atom. The summed E-state index contributed by atoms with van der Waals surface area (Å²) < 4.78 is 10.8. The summed E-state index contributed by atoms with van der Waals surface area (Å²) in [4.78, 5) is 2.40. The maximum atomic E-state index is 6.09. The maximum absolute atomic E-state index is 6.09. The Bertz CT molecular complexity index is 517. The van der Waals surface area contributed by atoms with Gasteiger partial charge in [-0.05, 0) is 11.1 Å². The smallest absolute Gasteiger partial charge is 0.158 e. The molecule has 0 aliphatic carbocycles. The second-order valence-electron chi connectivity index (χ2n) is 5.90. The van der Waals surface area contributed by atoms with Gasteiger partial charge in [-0.2, -0.15) is 0 Å². The van der Waals surface area contributed by atoms with Gasteiger partial charge < -0.3 is 15.2 Å². The van der Waals surface area contributed by atoms with Crippen LogP contribution in [0.25, 0.3) is 0 Å². The van der Waals surface area contributed by atoms with Crippen LogP contribution < -0.4 is 5.73 Å². The first-order valence-electron chi connectivity index (χ1n) is 8.34. The molecule has 0 aromatic heterocycles. The zero-order chi connectivity index (χ0) is 17.2. The predicted molar refractivity (Wildman–Crippen MR) is 97.4 cm³/mol. The molecule has 2 rings (SSSR count). The predicted octanol–water partition coefficient (Wildman–Crippen LogP) is 3.03. The number of ether oxygens (including phenoxy) is 2. The van der Waals surface area contributed by atoms with Gasteiger partial charge in [0, 0.05) is 46.3 Å². The lowest BCUT2D eigenvalue weighted by molar-refractivity contribution is -0.117. The van der Waals surface area contributed by atoms with Crippen LogP contribution in [0.15, 0.2) is 60.7 Å². The maximum Gasteiger partial charge on any atom is 0.158 e. The molecular formula is C20H28N2O2. The molecule has 4 heteroatoms. The van der Waals surface area contributed by atoms with E-state index in [1.807, 2.05) is 12.1 Å². The van der Waals surface area contributed by atoms with Crippen LogP contribution in [0.2, 0.25) is 0 Å². The average molecular weight is 328 g/mol. The van der Waals surface area contributed by atoms with E-state index in [4.69, 9.17) is 15.2 Å². The van der Waals surface area contributed by atoms with E-state index in [2.05, 4.69) is 53.4 Å². The highest BCUT2D eigenvalue weighted by molar-refractivity contribution is 5.17. The highest BCUT2D eigenvalue weighted by atomic mass is 16.7. The highest BCUT2D eigenvalue weighted by Crippen LogP contribution is 2.17. The second kappa shape index (κ2) is 10.2. The molecule has 0 bridgehead atoms. The van der Waals surface area contributed by atoms with Crippen LogP contribution in [-0.4, -0.2) is 38.0 Å². The Hall–Kier alpha value is -1.72. The minimum atomic E-state index is -0.243. The normalized spacial score (nSPS) is 12.7. The first kappa shape index (κ1) is 18.6. The molecule has 0 aliphatic heterocycles. The van der Waals surface area contributed by atoms with Crippen molar-refractivity contribution in [2.45, 2.75) is 31.8 Å². The number of nitrogens with zero attached hydrogens (tertiary/aromatic N) is 1. The van der Waals surface area contributed by atoms with Crippen molar-refractivity contribution >= 4 is 0 Å². The summed E-state index contributed by atoms with van der Waals surface area (Å²) in [6.07, 6.45) is 0.496. The topological polar surface area (TPSA) is 47.7 Å². The Morgan fingerprint density at radius 2 is 1.29 bits per heavy atom. The summed E-state index contributed by atoms with van der Waals surface area (Å²) in [7, 11) is 3.33. The molecule has 2 aromatic carbocycles. The van der Waals surface area contributed by atoms with E-state index in [1.165, 1.54) is 11.1 Å². The molecule has 2 aromatic rings. The van der Waals surface area contributed by atoms with Gasteiger partial charge in [0.1, 0.15) is 0 Å². The molecule has 0 amide bonds. The summed E-state index contributed by atoms with van der Waals surface area (Å²) in [5.41, 5.74) is 8.64. The van der Waals surface area contributed by atoms with Crippen molar-refractivity contribution in [3.05, 3.63) is 71.8 Å². The van der Waals surface area contributed by atoms with Gasteiger partial charge in [-0.1, -0.05) is 60.7 Å².